The Balaban J connectivity index is 2.15. The third-order valence-electron chi connectivity index (χ3n) is 2.45. The van der Waals surface area contributed by atoms with Crippen LogP contribution in [0.2, 0.25) is 0 Å². The van der Waals surface area contributed by atoms with Gasteiger partial charge in [-0.25, -0.2) is 0 Å². The predicted molar refractivity (Wildman–Crippen MR) is 71.2 cm³/mol. The lowest BCUT2D eigenvalue weighted by molar-refractivity contribution is -0.140. The molecule has 4 heteroatoms. The Morgan fingerprint density at radius 1 is 1.35 bits per heavy atom. The van der Waals surface area contributed by atoms with Gasteiger partial charge in [-0.3, -0.25) is 4.79 Å². The van der Waals surface area contributed by atoms with Crippen molar-refractivity contribution in [2.24, 2.45) is 0 Å². The summed E-state index contributed by atoms with van der Waals surface area (Å²) in [5.74, 6) is -0.142. The first-order chi connectivity index (χ1) is 8.26. The topological polar surface area (TPSA) is 38.3 Å². The number of esters is 1. The number of hydrogen-bond acceptors (Lipinski definition) is 4. The summed E-state index contributed by atoms with van der Waals surface area (Å²) in [5, 5.41) is 3.30. The highest BCUT2D eigenvalue weighted by Crippen LogP contribution is 2.14. The molecule has 0 saturated heterocycles. The number of nitrogens with one attached hydrogen (secondary N) is 1. The van der Waals surface area contributed by atoms with E-state index in [9.17, 15) is 4.79 Å². The van der Waals surface area contributed by atoms with Gasteiger partial charge in [0.25, 0.3) is 0 Å². The summed E-state index contributed by atoms with van der Waals surface area (Å²) in [6.07, 6.45) is 3.37. The number of thioether (sulfide) groups is 1. The number of carbonyl (C=O) groups excluding carboxylic acids is 1. The molecule has 1 aromatic rings. The fourth-order valence-corrected chi connectivity index (χ4v) is 1.84. The summed E-state index contributed by atoms with van der Waals surface area (Å²) in [7, 11) is 1.42. The van der Waals surface area contributed by atoms with Crippen molar-refractivity contribution >= 4 is 17.7 Å². The highest BCUT2D eigenvalue weighted by atomic mass is 32.2. The zero-order valence-corrected chi connectivity index (χ0v) is 11.2. The van der Waals surface area contributed by atoms with Crippen molar-refractivity contribution in [3.63, 3.8) is 0 Å². The molecule has 1 N–H and O–H groups in total. The molecule has 0 bridgehead atoms. The largest absolute Gasteiger partial charge is 0.469 e. The van der Waals surface area contributed by atoms with Crippen molar-refractivity contribution < 1.29 is 9.53 Å². The maximum absolute atomic E-state index is 10.9. The van der Waals surface area contributed by atoms with E-state index in [4.69, 9.17) is 0 Å². The molecular formula is C13H19NO2S. The highest BCUT2D eigenvalue weighted by Gasteiger charge is 1.99. The predicted octanol–water partition coefficient (Wildman–Crippen LogP) is 2.45. The van der Waals surface area contributed by atoms with Crippen molar-refractivity contribution in [3.8, 4) is 0 Å². The number of ether oxygens (including phenoxy) is 1. The van der Waals surface area contributed by atoms with E-state index in [1.54, 1.807) is 11.8 Å². The molecule has 1 aromatic carbocycles. The van der Waals surface area contributed by atoms with Gasteiger partial charge in [-0.1, -0.05) is 12.1 Å². The lowest BCUT2D eigenvalue weighted by Gasteiger charge is -2.05. The average molecular weight is 253 g/mol. The van der Waals surface area contributed by atoms with Crippen LogP contribution in [0, 0.1) is 0 Å². The van der Waals surface area contributed by atoms with Gasteiger partial charge in [0, 0.05) is 17.9 Å². The van der Waals surface area contributed by atoms with Crippen molar-refractivity contribution in [2.75, 3.05) is 19.9 Å². The van der Waals surface area contributed by atoms with Crippen LogP contribution in [0.1, 0.15) is 18.4 Å². The molecule has 0 heterocycles. The lowest BCUT2D eigenvalue weighted by Crippen LogP contribution is -2.16. The van der Waals surface area contributed by atoms with Gasteiger partial charge in [0.1, 0.15) is 0 Å². The minimum Gasteiger partial charge on any atom is -0.469 e. The molecule has 0 fully saturated rings. The van der Waals surface area contributed by atoms with Crippen molar-refractivity contribution in [3.05, 3.63) is 29.8 Å². The Hall–Kier alpha value is -1.00. The summed E-state index contributed by atoms with van der Waals surface area (Å²) in [6, 6.07) is 8.49. The van der Waals surface area contributed by atoms with Gasteiger partial charge in [0.05, 0.1) is 7.11 Å². The highest BCUT2D eigenvalue weighted by molar-refractivity contribution is 7.98. The molecule has 0 radical (unpaired) electrons. The second-order valence-electron chi connectivity index (χ2n) is 3.70. The molecule has 0 aliphatic heterocycles. The maximum atomic E-state index is 10.9. The first-order valence-electron chi connectivity index (χ1n) is 5.66. The van der Waals surface area contributed by atoms with E-state index in [-0.39, 0.29) is 5.97 Å². The fraction of sp³-hybridized carbons (Fsp3) is 0.462. The lowest BCUT2D eigenvalue weighted by atomic mass is 10.2. The molecule has 1 rings (SSSR count). The van der Waals surface area contributed by atoms with Crippen LogP contribution in [0.15, 0.2) is 29.2 Å². The molecule has 0 unspecified atom stereocenters. The van der Waals surface area contributed by atoms with Crippen molar-refractivity contribution in [1.82, 2.24) is 5.32 Å². The average Bonchev–Trinajstić information content (AvgIpc) is 2.38. The molecule has 3 nitrogen and oxygen atoms in total. The van der Waals surface area contributed by atoms with Crippen LogP contribution in [0.3, 0.4) is 0 Å². The number of hydrogen-bond donors (Lipinski definition) is 1. The van der Waals surface area contributed by atoms with Gasteiger partial charge in [-0.05, 0) is 36.9 Å². The van der Waals surface area contributed by atoms with Gasteiger partial charge in [-0.2, -0.15) is 0 Å². The van der Waals surface area contributed by atoms with Crippen LogP contribution in [0.4, 0.5) is 0 Å². The zero-order valence-electron chi connectivity index (χ0n) is 10.4. The first-order valence-corrected chi connectivity index (χ1v) is 6.89. The maximum Gasteiger partial charge on any atom is 0.305 e. The van der Waals surface area contributed by atoms with Crippen LogP contribution < -0.4 is 5.32 Å². The van der Waals surface area contributed by atoms with E-state index < -0.39 is 0 Å². The molecule has 0 spiro atoms. The van der Waals surface area contributed by atoms with Gasteiger partial charge >= 0.3 is 5.97 Å². The summed E-state index contributed by atoms with van der Waals surface area (Å²) in [4.78, 5) is 12.1. The van der Waals surface area contributed by atoms with Crippen molar-refractivity contribution in [2.45, 2.75) is 24.3 Å². The molecule has 0 aliphatic rings. The third-order valence-corrected chi connectivity index (χ3v) is 3.19. The van der Waals surface area contributed by atoms with E-state index in [0.29, 0.717) is 6.42 Å². The second kappa shape index (κ2) is 8.14. The Morgan fingerprint density at radius 2 is 2.06 bits per heavy atom. The number of carbonyl (C=O) groups is 1. The van der Waals surface area contributed by atoms with E-state index in [1.807, 2.05) is 0 Å². The van der Waals surface area contributed by atoms with E-state index >= 15 is 0 Å². The summed E-state index contributed by atoms with van der Waals surface area (Å²) in [5.41, 5.74) is 1.26. The molecule has 0 atom stereocenters. The van der Waals surface area contributed by atoms with Gasteiger partial charge < -0.3 is 10.1 Å². The van der Waals surface area contributed by atoms with E-state index in [1.165, 1.54) is 17.6 Å². The van der Waals surface area contributed by atoms with E-state index in [2.05, 4.69) is 40.6 Å². The van der Waals surface area contributed by atoms with Crippen LogP contribution >= 0.6 is 11.8 Å². The van der Waals surface area contributed by atoms with Gasteiger partial charge in [0.2, 0.25) is 0 Å². The quantitative estimate of drug-likeness (QED) is 0.460. The van der Waals surface area contributed by atoms with Gasteiger partial charge in [-0.15, -0.1) is 11.8 Å². The molecular weight excluding hydrogens is 234 g/mol. The Morgan fingerprint density at radius 3 is 2.65 bits per heavy atom. The third kappa shape index (κ3) is 5.75. The molecule has 0 amide bonds. The van der Waals surface area contributed by atoms with E-state index in [0.717, 1.165) is 19.5 Å². The minimum atomic E-state index is -0.142. The van der Waals surface area contributed by atoms with Crippen LogP contribution in [-0.4, -0.2) is 25.9 Å². The fourth-order valence-electron chi connectivity index (χ4n) is 1.44. The molecule has 0 aliphatic carbocycles. The molecule has 17 heavy (non-hydrogen) atoms. The minimum absolute atomic E-state index is 0.142. The SMILES string of the molecule is COC(=O)CCCNCc1ccc(SC)cc1. The zero-order chi connectivity index (χ0) is 12.5. The first kappa shape index (κ1) is 14.1. The number of rotatable bonds is 7. The van der Waals surface area contributed by atoms with Gasteiger partial charge in [0.15, 0.2) is 0 Å². The Bertz CT molecular complexity index is 338. The summed E-state index contributed by atoms with van der Waals surface area (Å²) < 4.78 is 4.57. The molecule has 94 valence electrons. The Kier molecular flexibility index (Phi) is 6.74. The Labute approximate surface area is 107 Å². The molecule has 0 saturated carbocycles. The normalized spacial score (nSPS) is 10.2. The second-order valence-corrected chi connectivity index (χ2v) is 4.58. The smallest absolute Gasteiger partial charge is 0.305 e. The van der Waals surface area contributed by atoms with Crippen LogP contribution in [-0.2, 0) is 16.1 Å². The summed E-state index contributed by atoms with van der Waals surface area (Å²) >= 11 is 1.74. The summed E-state index contributed by atoms with van der Waals surface area (Å²) in [6.45, 7) is 1.68. The number of methoxy groups -OCH3 is 1. The van der Waals surface area contributed by atoms with Crippen LogP contribution in [0.25, 0.3) is 0 Å². The van der Waals surface area contributed by atoms with Crippen molar-refractivity contribution in [1.29, 1.82) is 0 Å². The standard InChI is InChI=1S/C13H19NO2S/c1-16-13(15)4-3-9-14-10-11-5-7-12(17-2)8-6-11/h5-8,14H,3-4,9-10H2,1-2H3. The number of benzene rings is 1. The monoisotopic (exact) mass is 253 g/mol. The van der Waals surface area contributed by atoms with Crippen LogP contribution in [0.5, 0.6) is 0 Å². The molecule has 0 aromatic heterocycles.